The Kier molecular flexibility index (Phi) is 4.74. The number of ether oxygens (including phenoxy) is 1. The molecule has 0 saturated heterocycles. The van der Waals surface area contributed by atoms with Crippen LogP contribution in [0.5, 0.6) is 11.5 Å². The summed E-state index contributed by atoms with van der Waals surface area (Å²) in [5, 5.41) is 0.868. The molecule has 144 valence electrons. The number of hydroxylamine groups is 2. The molecule has 2 amide bonds. The fourth-order valence-corrected chi connectivity index (χ4v) is 2.85. The van der Waals surface area contributed by atoms with Gasteiger partial charge in [0.05, 0.1) is 16.7 Å². The lowest BCUT2D eigenvalue weighted by Crippen LogP contribution is -2.32. The van der Waals surface area contributed by atoms with Crippen molar-refractivity contribution in [1.82, 2.24) is 5.06 Å². The van der Waals surface area contributed by atoms with E-state index in [9.17, 15) is 18.8 Å². The van der Waals surface area contributed by atoms with Gasteiger partial charge in [0.25, 0.3) is 11.8 Å². The first-order valence-electron chi connectivity index (χ1n) is 8.37. The molecule has 0 fully saturated rings. The number of fused-ring (bicyclic) bond motifs is 1. The van der Waals surface area contributed by atoms with Crippen molar-refractivity contribution in [2.24, 2.45) is 0 Å². The van der Waals surface area contributed by atoms with Gasteiger partial charge in [-0.2, -0.15) is 0 Å². The van der Waals surface area contributed by atoms with E-state index < -0.39 is 23.6 Å². The number of benzene rings is 3. The molecule has 0 saturated carbocycles. The summed E-state index contributed by atoms with van der Waals surface area (Å²) in [6.07, 6.45) is 0. The highest BCUT2D eigenvalue weighted by atomic mass is 35.5. The first-order valence-corrected chi connectivity index (χ1v) is 8.75. The molecule has 0 unspecified atom stereocenters. The van der Waals surface area contributed by atoms with Crippen molar-refractivity contribution in [2.45, 2.75) is 0 Å². The van der Waals surface area contributed by atoms with Gasteiger partial charge in [0.2, 0.25) is 0 Å². The lowest BCUT2D eigenvalue weighted by Gasteiger charge is -2.13. The average molecular weight is 412 g/mol. The van der Waals surface area contributed by atoms with E-state index in [2.05, 4.69) is 0 Å². The van der Waals surface area contributed by atoms with Crippen LogP contribution in [-0.2, 0) is 4.84 Å². The van der Waals surface area contributed by atoms with Gasteiger partial charge in [-0.3, -0.25) is 9.59 Å². The van der Waals surface area contributed by atoms with Crippen molar-refractivity contribution in [1.29, 1.82) is 0 Å². The zero-order chi connectivity index (χ0) is 20.5. The summed E-state index contributed by atoms with van der Waals surface area (Å²) < 4.78 is 19.8. The Morgan fingerprint density at radius 3 is 2.10 bits per heavy atom. The smallest absolute Gasteiger partial charge is 0.364 e. The van der Waals surface area contributed by atoms with Gasteiger partial charge in [0.1, 0.15) is 5.75 Å². The molecule has 0 aliphatic carbocycles. The monoisotopic (exact) mass is 411 g/mol. The Bertz CT molecular complexity index is 1110. The van der Waals surface area contributed by atoms with Crippen LogP contribution in [0.3, 0.4) is 0 Å². The number of rotatable bonds is 4. The molecular formula is C21H11ClFNO5. The van der Waals surface area contributed by atoms with Gasteiger partial charge in [-0.1, -0.05) is 28.8 Å². The normalized spacial score (nSPS) is 12.7. The molecule has 1 heterocycles. The minimum Gasteiger partial charge on any atom is -0.454 e. The summed E-state index contributed by atoms with van der Waals surface area (Å²) in [6, 6.07) is 15.8. The van der Waals surface area contributed by atoms with E-state index in [-0.39, 0.29) is 22.4 Å². The third-order valence-electron chi connectivity index (χ3n) is 4.14. The standard InChI is InChI=1S/C21H11ClFNO5/c22-13-6-8-14(9-7-13)28-18-10-5-12(11-17(18)23)21(27)29-24-19(25)15-3-1-2-4-16(15)20(24)26/h1-11H. The second-order valence-electron chi connectivity index (χ2n) is 6.03. The molecule has 0 spiro atoms. The number of carbonyl (C=O) groups excluding carboxylic acids is 3. The van der Waals surface area contributed by atoms with E-state index in [1.807, 2.05) is 0 Å². The minimum absolute atomic E-state index is 0.121. The first kappa shape index (κ1) is 18.6. The predicted octanol–water partition coefficient (Wildman–Crippen LogP) is 4.64. The number of amides is 2. The van der Waals surface area contributed by atoms with E-state index >= 15 is 0 Å². The molecule has 0 N–H and O–H groups in total. The van der Waals surface area contributed by atoms with Gasteiger partial charge in [-0.05, 0) is 54.6 Å². The number of nitrogens with zero attached hydrogens (tertiary/aromatic N) is 1. The zero-order valence-corrected chi connectivity index (χ0v) is 15.4. The van der Waals surface area contributed by atoms with Crippen LogP contribution in [0, 0.1) is 5.82 Å². The van der Waals surface area contributed by atoms with Gasteiger partial charge in [-0.15, -0.1) is 0 Å². The van der Waals surface area contributed by atoms with Gasteiger partial charge in [-0.25, -0.2) is 9.18 Å². The van der Waals surface area contributed by atoms with E-state index in [1.54, 1.807) is 36.4 Å². The maximum absolute atomic E-state index is 14.4. The van der Waals surface area contributed by atoms with E-state index in [0.717, 1.165) is 6.07 Å². The maximum atomic E-state index is 14.4. The van der Waals surface area contributed by atoms with Gasteiger partial charge in [0.15, 0.2) is 11.6 Å². The predicted molar refractivity (Wildman–Crippen MR) is 100 cm³/mol. The van der Waals surface area contributed by atoms with Crippen molar-refractivity contribution < 1.29 is 28.3 Å². The maximum Gasteiger partial charge on any atom is 0.364 e. The summed E-state index contributed by atoms with van der Waals surface area (Å²) >= 11 is 5.79. The summed E-state index contributed by atoms with van der Waals surface area (Å²) in [5.74, 6) is -3.17. The third-order valence-corrected chi connectivity index (χ3v) is 4.39. The summed E-state index contributed by atoms with van der Waals surface area (Å²) in [6.45, 7) is 0. The lowest BCUT2D eigenvalue weighted by molar-refractivity contribution is -0.0584. The van der Waals surface area contributed by atoms with Crippen LogP contribution >= 0.6 is 11.6 Å². The van der Waals surface area contributed by atoms with Crippen LogP contribution in [0.4, 0.5) is 4.39 Å². The average Bonchev–Trinajstić information content (AvgIpc) is 2.96. The van der Waals surface area contributed by atoms with E-state index in [1.165, 1.54) is 24.3 Å². The topological polar surface area (TPSA) is 72.9 Å². The third kappa shape index (κ3) is 3.55. The summed E-state index contributed by atoms with van der Waals surface area (Å²) in [4.78, 5) is 41.7. The first-order chi connectivity index (χ1) is 13.9. The Labute approximate surface area is 169 Å². The Balaban J connectivity index is 1.50. The number of imide groups is 1. The number of carbonyl (C=O) groups is 3. The van der Waals surface area contributed by atoms with Crippen molar-refractivity contribution in [2.75, 3.05) is 0 Å². The molecule has 0 atom stereocenters. The Morgan fingerprint density at radius 2 is 1.52 bits per heavy atom. The second-order valence-corrected chi connectivity index (χ2v) is 6.47. The summed E-state index contributed by atoms with van der Waals surface area (Å²) in [7, 11) is 0. The van der Waals surface area contributed by atoms with Crippen LogP contribution < -0.4 is 4.74 Å². The molecule has 1 aliphatic rings. The Morgan fingerprint density at radius 1 is 0.897 bits per heavy atom. The number of halogens is 2. The molecular weight excluding hydrogens is 401 g/mol. The van der Waals surface area contributed by atoms with Gasteiger partial charge < -0.3 is 9.57 Å². The molecule has 3 aromatic rings. The van der Waals surface area contributed by atoms with E-state index in [4.69, 9.17) is 21.2 Å². The van der Waals surface area contributed by atoms with Crippen LogP contribution in [-0.4, -0.2) is 22.8 Å². The molecule has 29 heavy (non-hydrogen) atoms. The fourth-order valence-electron chi connectivity index (χ4n) is 2.73. The lowest BCUT2D eigenvalue weighted by atomic mass is 10.1. The highest BCUT2D eigenvalue weighted by Gasteiger charge is 2.38. The minimum atomic E-state index is -1.06. The van der Waals surface area contributed by atoms with Crippen molar-refractivity contribution in [3.8, 4) is 11.5 Å². The fraction of sp³-hybridized carbons (Fsp3) is 0. The quantitative estimate of drug-likeness (QED) is 0.585. The molecule has 0 radical (unpaired) electrons. The van der Waals surface area contributed by atoms with Crippen LogP contribution in [0.25, 0.3) is 0 Å². The Hall–Kier alpha value is -3.71. The molecule has 0 aromatic heterocycles. The van der Waals surface area contributed by atoms with Crippen LogP contribution in [0.2, 0.25) is 5.02 Å². The van der Waals surface area contributed by atoms with Crippen molar-refractivity contribution in [3.63, 3.8) is 0 Å². The van der Waals surface area contributed by atoms with Crippen LogP contribution in [0.1, 0.15) is 31.1 Å². The molecule has 3 aromatic carbocycles. The second kappa shape index (κ2) is 7.37. The molecule has 0 bridgehead atoms. The van der Waals surface area contributed by atoms with Crippen molar-refractivity contribution in [3.05, 3.63) is 94.3 Å². The zero-order valence-electron chi connectivity index (χ0n) is 14.6. The largest absolute Gasteiger partial charge is 0.454 e. The SMILES string of the molecule is O=C(ON1C(=O)c2ccccc2C1=O)c1ccc(Oc2ccc(Cl)cc2)c(F)c1. The summed E-state index contributed by atoms with van der Waals surface area (Å²) in [5.41, 5.74) is 0.0638. The van der Waals surface area contributed by atoms with E-state index in [0.29, 0.717) is 15.8 Å². The highest BCUT2D eigenvalue weighted by Crippen LogP contribution is 2.27. The molecule has 1 aliphatic heterocycles. The van der Waals surface area contributed by atoms with Crippen LogP contribution in [0.15, 0.2) is 66.7 Å². The van der Waals surface area contributed by atoms with Gasteiger partial charge in [0, 0.05) is 5.02 Å². The van der Waals surface area contributed by atoms with Crippen molar-refractivity contribution >= 4 is 29.4 Å². The van der Waals surface area contributed by atoms with Gasteiger partial charge >= 0.3 is 5.97 Å². The molecule has 6 nitrogen and oxygen atoms in total. The molecule has 4 rings (SSSR count). The number of hydrogen-bond acceptors (Lipinski definition) is 5. The highest BCUT2D eigenvalue weighted by molar-refractivity contribution is 6.30. The number of hydrogen-bond donors (Lipinski definition) is 0. The molecule has 8 heteroatoms.